The maximum Gasteiger partial charge on any atom is 0.172 e. The van der Waals surface area contributed by atoms with Crippen molar-refractivity contribution in [3.05, 3.63) is 157 Å². The van der Waals surface area contributed by atoms with E-state index in [9.17, 15) is 0 Å². The topological polar surface area (TPSA) is 69.0 Å². The molecule has 7 rings (SSSR count). The molecule has 1 atom stereocenters. The van der Waals surface area contributed by atoms with Gasteiger partial charge in [-0.2, -0.15) is 0 Å². The zero-order valence-electron chi connectivity index (χ0n) is 25.9. The molecule has 0 fully saturated rings. The van der Waals surface area contributed by atoms with Crippen LogP contribution in [0.15, 0.2) is 146 Å². The third-order valence-electron chi connectivity index (χ3n) is 8.56. The van der Waals surface area contributed by atoms with Gasteiger partial charge in [-0.15, -0.1) is 0 Å². The van der Waals surface area contributed by atoms with Gasteiger partial charge in [0, 0.05) is 11.5 Å². The van der Waals surface area contributed by atoms with E-state index in [0.717, 1.165) is 66.7 Å². The van der Waals surface area contributed by atoms with Crippen molar-refractivity contribution in [2.24, 2.45) is 5.92 Å². The summed E-state index contributed by atoms with van der Waals surface area (Å²) in [5, 5.41) is 23.4. The fourth-order valence-electron chi connectivity index (χ4n) is 6.12. The molecule has 1 aliphatic heterocycles. The summed E-state index contributed by atoms with van der Waals surface area (Å²) in [5.74, 6) is 1.25. The van der Waals surface area contributed by atoms with Crippen molar-refractivity contribution in [2.75, 3.05) is 5.32 Å². The minimum atomic E-state index is -0.0191. The van der Waals surface area contributed by atoms with Gasteiger partial charge in [-0.25, -0.2) is 0 Å². The molecule has 4 nitrogen and oxygen atoms in total. The van der Waals surface area contributed by atoms with Gasteiger partial charge in [0.05, 0.1) is 17.1 Å². The van der Waals surface area contributed by atoms with Crippen LogP contribution in [0.25, 0.3) is 44.2 Å². The van der Waals surface area contributed by atoms with Crippen LogP contribution in [0.3, 0.4) is 0 Å². The molecule has 46 heavy (non-hydrogen) atoms. The summed E-state index contributed by atoms with van der Waals surface area (Å²) in [6.07, 6.45) is 3.42. The monoisotopic (exact) mass is 597 g/mol. The Balaban J connectivity index is 1.31. The Morgan fingerprint density at radius 3 is 2.22 bits per heavy atom. The first-order valence-electron chi connectivity index (χ1n) is 15.7. The second kappa shape index (κ2) is 12.3. The minimum Gasteiger partial charge on any atom is -0.468 e. The van der Waals surface area contributed by atoms with Crippen LogP contribution < -0.4 is 10.1 Å². The normalized spacial score (nSPS) is 13.8. The molecule has 0 aromatic heterocycles. The van der Waals surface area contributed by atoms with E-state index in [4.69, 9.17) is 15.6 Å². The smallest absolute Gasteiger partial charge is 0.172 e. The van der Waals surface area contributed by atoms with Gasteiger partial charge >= 0.3 is 0 Å². The second-order valence-corrected chi connectivity index (χ2v) is 12.0. The molecule has 0 saturated heterocycles. The molecule has 224 valence electrons. The Kier molecular flexibility index (Phi) is 7.78. The SMILES string of the molecule is CC(C)C1Nc2cc(-c3cccc(-c4ccc5ccccc5c4-c4ccccc4C(=N)/C=C\C(=N)c4ccccc4)c3)ccc2O1. The van der Waals surface area contributed by atoms with Crippen LogP contribution in [0.5, 0.6) is 5.75 Å². The van der Waals surface area contributed by atoms with Crippen molar-refractivity contribution in [2.45, 2.75) is 20.1 Å². The molecule has 4 heteroatoms. The van der Waals surface area contributed by atoms with Crippen LogP contribution in [0.4, 0.5) is 5.69 Å². The largest absolute Gasteiger partial charge is 0.468 e. The summed E-state index contributed by atoms with van der Waals surface area (Å²) < 4.78 is 6.10. The Morgan fingerprint density at radius 2 is 1.37 bits per heavy atom. The van der Waals surface area contributed by atoms with Crippen LogP contribution >= 0.6 is 0 Å². The Morgan fingerprint density at radius 1 is 0.652 bits per heavy atom. The first-order chi connectivity index (χ1) is 22.5. The van der Waals surface area contributed by atoms with E-state index < -0.39 is 0 Å². The lowest BCUT2D eigenvalue weighted by molar-refractivity contribution is 0.199. The highest BCUT2D eigenvalue weighted by atomic mass is 16.5. The van der Waals surface area contributed by atoms with Crippen molar-refractivity contribution in [3.63, 3.8) is 0 Å². The number of hydrogen-bond donors (Lipinski definition) is 3. The van der Waals surface area contributed by atoms with Gasteiger partial charge < -0.3 is 20.9 Å². The maximum atomic E-state index is 9.11. The lowest BCUT2D eigenvalue weighted by Crippen LogP contribution is -2.26. The lowest BCUT2D eigenvalue weighted by Gasteiger charge is -2.18. The van der Waals surface area contributed by atoms with Gasteiger partial charge in [0.25, 0.3) is 0 Å². The predicted molar refractivity (Wildman–Crippen MR) is 192 cm³/mol. The zero-order valence-corrected chi connectivity index (χ0v) is 25.9. The highest BCUT2D eigenvalue weighted by molar-refractivity contribution is 6.18. The molecular formula is C42H35N3O. The predicted octanol–water partition coefficient (Wildman–Crippen LogP) is 10.6. The zero-order chi connectivity index (χ0) is 31.6. The number of rotatable bonds is 8. The average molecular weight is 598 g/mol. The molecule has 6 aromatic carbocycles. The number of fused-ring (bicyclic) bond motifs is 2. The first kappa shape index (κ1) is 29.0. The molecule has 0 amide bonds. The Hall–Kier alpha value is -5.74. The number of benzene rings is 6. The van der Waals surface area contributed by atoms with Crippen LogP contribution in [0, 0.1) is 16.7 Å². The van der Waals surface area contributed by atoms with E-state index in [-0.39, 0.29) is 6.23 Å². The Bertz CT molecular complexity index is 2130. The van der Waals surface area contributed by atoms with E-state index in [1.165, 1.54) is 0 Å². The molecule has 0 bridgehead atoms. The molecule has 0 radical (unpaired) electrons. The molecule has 6 aromatic rings. The van der Waals surface area contributed by atoms with Crippen LogP contribution in [-0.2, 0) is 0 Å². The third-order valence-corrected chi connectivity index (χ3v) is 8.56. The fourth-order valence-corrected chi connectivity index (χ4v) is 6.12. The highest BCUT2D eigenvalue weighted by Crippen LogP contribution is 2.42. The fraction of sp³-hybridized carbons (Fsp3) is 0.0952. The average Bonchev–Trinajstić information content (AvgIpc) is 3.55. The Labute approximate surface area is 270 Å². The molecule has 1 heterocycles. The van der Waals surface area contributed by atoms with Gasteiger partial charge in [0.1, 0.15) is 5.75 Å². The number of nitrogens with one attached hydrogen (secondary N) is 3. The van der Waals surface area contributed by atoms with Crippen molar-refractivity contribution >= 4 is 27.9 Å². The third kappa shape index (κ3) is 5.62. The number of ether oxygens (including phenoxy) is 1. The number of hydrogen-bond acceptors (Lipinski definition) is 4. The van der Waals surface area contributed by atoms with Crippen molar-refractivity contribution in [1.29, 1.82) is 10.8 Å². The summed E-state index contributed by atoms with van der Waals surface area (Å²) in [6, 6.07) is 45.6. The van der Waals surface area contributed by atoms with Crippen LogP contribution in [-0.4, -0.2) is 17.7 Å². The summed E-state index contributed by atoms with van der Waals surface area (Å²) in [7, 11) is 0. The van der Waals surface area contributed by atoms with Crippen molar-refractivity contribution in [1.82, 2.24) is 0 Å². The van der Waals surface area contributed by atoms with Gasteiger partial charge in [0.2, 0.25) is 0 Å². The highest BCUT2D eigenvalue weighted by Gasteiger charge is 2.25. The quantitative estimate of drug-likeness (QED) is 0.153. The first-order valence-corrected chi connectivity index (χ1v) is 15.7. The standard InChI is InChI=1S/C42H35N3O/c1-27(2)42-45-39-26-31(20-24-40(39)46-42)30-14-10-15-32(25-30)34-21-19-28-11-6-7-16-33(28)41(34)36-18-9-8-17-35(36)38(44)23-22-37(43)29-12-4-3-5-13-29/h3-27,42-45H,1-2H3/b23-22-,43-37?,44-38?. The number of anilines is 1. The van der Waals surface area contributed by atoms with Crippen LogP contribution in [0.1, 0.15) is 25.0 Å². The van der Waals surface area contributed by atoms with Gasteiger partial charge in [-0.1, -0.05) is 129 Å². The van der Waals surface area contributed by atoms with Crippen LogP contribution in [0.2, 0.25) is 0 Å². The summed E-state index contributed by atoms with van der Waals surface area (Å²) in [5.41, 5.74) is 9.92. The van der Waals surface area contributed by atoms with E-state index in [2.05, 4.69) is 104 Å². The van der Waals surface area contributed by atoms with E-state index in [1.54, 1.807) is 12.2 Å². The summed E-state index contributed by atoms with van der Waals surface area (Å²) >= 11 is 0. The van der Waals surface area contributed by atoms with Crippen molar-refractivity contribution in [3.8, 4) is 39.1 Å². The molecule has 3 N–H and O–H groups in total. The van der Waals surface area contributed by atoms with E-state index in [0.29, 0.717) is 17.3 Å². The van der Waals surface area contributed by atoms with E-state index in [1.807, 2.05) is 48.5 Å². The molecule has 1 unspecified atom stereocenters. The lowest BCUT2D eigenvalue weighted by atomic mass is 9.86. The molecule has 0 spiro atoms. The molecule has 0 saturated carbocycles. The van der Waals surface area contributed by atoms with Gasteiger partial charge in [-0.3, -0.25) is 0 Å². The number of allylic oxidation sites excluding steroid dienone is 2. The molecule has 1 aliphatic rings. The van der Waals surface area contributed by atoms with Gasteiger partial charge in [0.15, 0.2) is 6.23 Å². The summed E-state index contributed by atoms with van der Waals surface area (Å²) in [6.45, 7) is 4.31. The maximum absolute atomic E-state index is 9.11. The van der Waals surface area contributed by atoms with Crippen molar-refractivity contribution < 1.29 is 4.74 Å². The molecular weight excluding hydrogens is 562 g/mol. The summed E-state index contributed by atoms with van der Waals surface area (Å²) in [4.78, 5) is 0. The second-order valence-electron chi connectivity index (χ2n) is 12.0. The minimum absolute atomic E-state index is 0.0191. The van der Waals surface area contributed by atoms with E-state index >= 15 is 0 Å². The van der Waals surface area contributed by atoms with Gasteiger partial charge in [-0.05, 0) is 80.1 Å². The molecule has 0 aliphatic carbocycles.